The van der Waals surface area contributed by atoms with Gasteiger partial charge in [-0.25, -0.2) is 0 Å². The topological polar surface area (TPSA) is 46.3 Å². The molecule has 0 spiro atoms. The molecule has 0 aliphatic carbocycles. The van der Waals surface area contributed by atoms with Crippen LogP contribution in [-0.4, -0.2) is 24.4 Å². The zero-order valence-corrected chi connectivity index (χ0v) is 13.6. The molecule has 2 N–H and O–H groups in total. The van der Waals surface area contributed by atoms with Crippen LogP contribution in [0, 0.1) is 0 Å². The Hall–Kier alpha value is -0.770. The van der Waals surface area contributed by atoms with Gasteiger partial charge in [0.25, 0.3) is 0 Å². The molecule has 0 fully saturated rings. The van der Waals surface area contributed by atoms with E-state index in [2.05, 4.69) is 0 Å². The maximum atomic E-state index is 11.9. The Labute approximate surface area is 132 Å². The number of carbonyl (C=O) groups excluding carboxylic acids is 1. The van der Waals surface area contributed by atoms with E-state index in [4.69, 9.17) is 17.3 Å². The Balaban J connectivity index is 0.00000361. The van der Waals surface area contributed by atoms with E-state index in [0.29, 0.717) is 18.0 Å². The van der Waals surface area contributed by atoms with Crippen LogP contribution in [0.1, 0.15) is 37.7 Å². The Kier molecular flexibility index (Phi) is 10.5. The monoisotopic (exact) mass is 318 g/mol. The van der Waals surface area contributed by atoms with Gasteiger partial charge in [0.15, 0.2) is 0 Å². The zero-order valence-electron chi connectivity index (χ0n) is 12.0. The van der Waals surface area contributed by atoms with Crippen molar-refractivity contribution in [2.75, 3.05) is 13.6 Å². The van der Waals surface area contributed by atoms with Gasteiger partial charge in [-0.2, -0.15) is 0 Å². The Morgan fingerprint density at radius 1 is 1.25 bits per heavy atom. The van der Waals surface area contributed by atoms with E-state index < -0.39 is 0 Å². The number of hydrogen-bond donors (Lipinski definition) is 1. The van der Waals surface area contributed by atoms with Crippen LogP contribution in [0.5, 0.6) is 0 Å². The molecule has 114 valence electrons. The highest BCUT2D eigenvalue weighted by Gasteiger charge is 2.08. The summed E-state index contributed by atoms with van der Waals surface area (Å²) in [6.07, 6.45) is 4.79. The van der Waals surface area contributed by atoms with Gasteiger partial charge >= 0.3 is 0 Å². The van der Waals surface area contributed by atoms with Crippen LogP contribution in [0.15, 0.2) is 24.3 Å². The SMILES string of the molecule is CN(Cc1cccc(Cl)c1)C(=O)CCCCCCN.Cl. The third-order valence-corrected chi connectivity index (χ3v) is 3.31. The summed E-state index contributed by atoms with van der Waals surface area (Å²) in [6, 6.07) is 7.62. The molecule has 0 bridgehead atoms. The van der Waals surface area contributed by atoms with Gasteiger partial charge in [0.05, 0.1) is 0 Å². The van der Waals surface area contributed by atoms with Crippen molar-refractivity contribution in [3.05, 3.63) is 34.9 Å². The van der Waals surface area contributed by atoms with Crippen LogP contribution in [0.3, 0.4) is 0 Å². The van der Waals surface area contributed by atoms with Crippen molar-refractivity contribution in [1.82, 2.24) is 4.90 Å². The number of nitrogens with two attached hydrogens (primary N) is 1. The smallest absolute Gasteiger partial charge is 0.222 e. The predicted octanol–water partition coefficient (Wildman–Crippen LogP) is 3.63. The number of benzene rings is 1. The van der Waals surface area contributed by atoms with E-state index >= 15 is 0 Å². The average molecular weight is 319 g/mol. The first-order valence-corrected chi connectivity index (χ1v) is 7.19. The van der Waals surface area contributed by atoms with Gasteiger partial charge < -0.3 is 10.6 Å². The molecule has 0 aliphatic rings. The molecular weight excluding hydrogens is 295 g/mol. The van der Waals surface area contributed by atoms with E-state index in [1.807, 2.05) is 31.3 Å². The molecular formula is C15H24Cl2N2O. The normalized spacial score (nSPS) is 9.95. The van der Waals surface area contributed by atoms with E-state index in [1.54, 1.807) is 4.90 Å². The van der Waals surface area contributed by atoms with Crippen molar-refractivity contribution in [3.63, 3.8) is 0 Å². The minimum atomic E-state index is 0. The summed E-state index contributed by atoms with van der Waals surface area (Å²) in [5.41, 5.74) is 6.49. The van der Waals surface area contributed by atoms with Crippen molar-refractivity contribution in [2.45, 2.75) is 38.6 Å². The van der Waals surface area contributed by atoms with Gasteiger partial charge in [0.2, 0.25) is 5.91 Å². The maximum Gasteiger partial charge on any atom is 0.222 e. The molecule has 0 saturated heterocycles. The number of unbranched alkanes of at least 4 members (excludes halogenated alkanes) is 3. The third-order valence-electron chi connectivity index (χ3n) is 3.08. The second-order valence-electron chi connectivity index (χ2n) is 4.83. The van der Waals surface area contributed by atoms with Gasteiger partial charge in [0, 0.05) is 25.0 Å². The number of halogens is 2. The van der Waals surface area contributed by atoms with E-state index in [1.165, 1.54) is 0 Å². The number of carbonyl (C=O) groups is 1. The van der Waals surface area contributed by atoms with Gasteiger partial charge in [0.1, 0.15) is 0 Å². The first-order valence-electron chi connectivity index (χ1n) is 6.82. The minimum absolute atomic E-state index is 0. The maximum absolute atomic E-state index is 11.9. The Morgan fingerprint density at radius 2 is 1.95 bits per heavy atom. The van der Waals surface area contributed by atoms with Crippen molar-refractivity contribution >= 4 is 29.9 Å². The summed E-state index contributed by atoms with van der Waals surface area (Å²) >= 11 is 5.93. The predicted molar refractivity (Wildman–Crippen MR) is 87.3 cm³/mol. The first kappa shape index (κ1) is 19.2. The molecule has 0 aliphatic heterocycles. The van der Waals surface area contributed by atoms with Gasteiger partial charge in [-0.1, -0.05) is 36.6 Å². The minimum Gasteiger partial charge on any atom is -0.341 e. The summed E-state index contributed by atoms with van der Waals surface area (Å²) in [5, 5.41) is 0.708. The third kappa shape index (κ3) is 7.73. The molecule has 0 radical (unpaired) electrons. The van der Waals surface area contributed by atoms with E-state index in [9.17, 15) is 4.79 Å². The fraction of sp³-hybridized carbons (Fsp3) is 0.533. The molecule has 5 heteroatoms. The quantitative estimate of drug-likeness (QED) is 0.744. The molecule has 20 heavy (non-hydrogen) atoms. The summed E-state index contributed by atoms with van der Waals surface area (Å²) in [6.45, 7) is 1.35. The highest BCUT2D eigenvalue weighted by molar-refractivity contribution is 6.30. The van der Waals surface area contributed by atoms with Crippen LogP contribution >= 0.6 is 24.0 Å². The largest absolute Gasteiger partial charge is 0.341 e. The van der Waals surface area contributed by atoms with Crippen molar-refractivity contribution in [3.8, 4) is 0 Å². The van der Waals surface area contributed by atoms with Crippen molar-refractivity contribution < 1.29 is 4.79 Å². The molecule has 0 unspecified atom stereocenters. The van der Waals surface area contributed by atoms with Crippen LogP contribution in [0.25, 0.3) is 0 Å². The van der Waals surface area contributed by atoms with Crippen LogP contribution in [0.4, 0.5) is 0 Å². The van der Waals surface area contributed by atoms with Crippen LogP contribution < -0.4 is 5.73 Å². The fourth-order valence-corrected chi connectivity index (χ4v) is 2.18. The summed E-state index contributed by atoms with van der Waals surface area (Å²) < 4.78 is 0. The number of hydrogen-bond acceptors (Lipinski definition) is 2. The Bertz CT molecular complexity index is 399. The highest BCUT2D eigenvalue weighted by atomic mass is 35.5. The fourth-order valence-electron chi connectivity index (χ4n) is 1.96. The lowest BCUT2D eigenvalue weighted by molar-refractivity contribution is -0.130. The molecule has 1 amide bonds. The van der Waals surface area contributed by atoms with Gasteiger partial charge in [-0.05, 0) is 37.1 Å². The molecule has 3 nitrogen and oxygen atoms in total. The van der Waals surface area contributed by atoms with Crippen LogP contribution in [0.2, 0.25) is 5.02 Å². The van der Waals surface area contributed by atoms with E-state index in [-0.39, 0.29) is 18.3 Å². The second-order valence-corrected chi connectivity index (χ2v) is 5.27. The number of nitrogens with zero attached hydrogens (tertiary/aromatic N) is 1. The molecule has 0 saturated carbocycles. The standard InChI is InChI=1S/C15H23ClN2O.ClH/c1-18(12-13-7-6-8-14(16)11-13)15(19)9-4-2-3-5-10-17;/h6-8,11H,2-5,9-10,12,17H2,1H3;1H. The molecule has 1 aromatic carbocycles. The lowest BCUT2D eigenvalue weighted by Crippen LogP contribution is -2.25. The van der Waals surface area contributed by atoms with Crippen LogP contribution in [-0.2, 0) is 11.3 Å². The zero-order chi connectivity index (χ0) is 14.1. The second kappa shape index (κ2) is 11.0. The first-order chi connectivity index (χ1) is 9.13. The summed E-state index contributed by atoms with van der Waals surface area (Å²) in [7, 11) is 1.84. The lowest BCUT2D eigenvalue weighted by Gasteiger charge is -2.17. The average Bonchev–Trinajstić information content (AvgIpc) is 2.38. The number of rotatable bonds is 8. The molecule has 0 heterocycles. The highest BCUT2D eigenvalue weighted by Crippen LogP contribution is 2.13. The van der Waals surface area contributed by atoms with Crippen molar-refractivity contribution in [1.29, 1.82) is 0 Å². The molecule has 1 rings (SSSR count). The molecule has 0 atom stereocenters. The number of amides is 1. The lowest BCUT2D eigenvalue weighted by atomic mass is 10.1. The summed E-state index contributed by atoms with van der Waals surface area (Å²) in [5.74, 6) is 0.188. The summed E-state index contributed by atoms with van der Waals surface area (Å²) in [4.78, 5) is 13.7. The van der Waals surface area contributed by atoms with Gasteiger partial charge in [-0.15, -0.1) is 12.4 Å². The van der Waals surface area contributed by atoms with Crippen molar-refractivity contribution in [2.24, 2.45) is 5.73 Å². The van der Waals surface area contributed by atoms with Gasteiger partial charge in [-0.3, -0.25) is 4.79 Å². The van der Waals surface area contributed by atoms with E-state index in [0.717, 1.165) is 37.8 Å². The molecule has 1 aromatic rings. The Morgan fingerprint density at radius 3 is 2.60 bits per heavy atom. The molecule has 0 aromatic heterocycles.